The van der Waals surface area contributed by atoms with Crippen molar-refractivity contribution < 1.29 is 0 Å². The van der Waals surface area contributed by atoms with Gasteiger partial charge in [-0.25, -0.2) is 9.50 Å². The van der Waals surface area contributed by atoms with Crippen LogP contribution in [0, 0.1) is 13.8 Å². The molecule has 0 unspecified atom stereocenters. The zero-order valence-electron chi connectivity index (χ0n) is 11.6. The Morgan fingerprint density at radius 1 is 1.15 bits per heavy atom. The van der Waals surface area contributed by atoms with E-state index >= 15 is 0 Å². The van der Waals surface area contributed by atoms with Crippen molar-refractivity contribution in [1.82, 2.24) is 14.6 Å². The molecule has 3 rings (SSSR count). The Hall–Kier alpha value is -2.07. The maximum Gasteiger partial charge on any atom is 0.177 e. The summed E-state index contributed by atoms with van der Waals surface area (Å²) >= 11 is 6.08. The van der Waals surface area contributed by atoms with Crippen LogP contribution in [0.15, 0.2) is 30.5 Å². The molecular weight excluding hydrogens is 272 g/mol. The number of nitrogens with zero attached hydrogens (tertiary/aromatic N) is 3. The first-order valence-electron chi connectivity index (χ1n) is 6.40. The van der Waals surface area contributed by atoms with Gasteiger partial charge in [0.05, 0.1) is 17.6 Å². The maximum atomic E-state index is 6.08. The summed E-state index contributed by atoms with van der Waals surface area (Å²) in [5, 5.41) is 7.88. The number of halogens is 1. The Morgan fingerprint density at radius 3 is 2.65 bits per heavy atom. The lowest BCUT2D eigenvalue weighted by Crippen LogP contribution is -1.99. The predicted molar refractivity (Wildman–Crippen MR) is 82.5 cm³/mol. The van der Waals surface area contributed by atoms with Gasteiger partial charge >= 0.3 is 0 Å². The van der Waals surface area contributed by atoms with E-state index in [-0.39, 0.29) is 0 Å². The Bertz CT molecular complexity index is 792. The molecule has 0 aliphatic carbocycles. The third kappa shape index (κ3) is 2.02. The summed E-state index contributed by atoms with van der Waals surface area (Å²) in [5.74, 6) is 0. The molecule has 1 N–H and O–H groups in total. The second kappa shape index (κ2) is 4.80. The number of aryl methyl sites for hydroxylation is 2. The molecule has 0 radical (unpaired) electrons. The van der Waals surface area contributed by atoms with Gasteiger partial charge < -0.3 is 5.32 Å². The van der Waals surface area contributed by atoms with Gasteiger partial charge in [-0.15, -0.1) is 0 Å². The van der Waals surface area contributed by atoms with Crippen molar-refractivity contribution in [2.45, 2.75) is 13.8 Å². The van der Waals surface area contributed by atoms with Crippen LogP contribution in [-0.4, -0.2) is 21.6 Å². The maximum absolute atomic E-state index is 6.08. The van der Waals surface area contributed by atoms with Gasteiger partial charge in [0.2, 0.25) is 0 Å². The quantitative estimate of drug-likeness (QED) is 0.781. The van der Waals surface area contributed by atoms with Crippen LogP contribution < -0.4 is 5.32 Å². The van der Waals surface area contributed by atoms with E-state index in [1.807, 2.05) is 13.2 Å². The van der Waals surface area contributed by atoms with Crippen LogP contribution in [0.3, 0.4) is 0 Å². The molecule has 102 valence electrons. The molecule has 20 heavy (non-hydrogen) atoms. The molecule has 5 heteroatoms. The second-order valence-electron chi connectivity index (χ2n) is 4.81. The zero-order valence-corrected chi connectivity index (χ0v) is 12.4. The van der Waals surface area contributed by atoms with Crippen LogP contribution in [0.4, 0.5) is 5.69 Å². The normalized spacial score (nSPS) is 11.0. The lowest BCUT2D eigenvalue weighted by atomic mass is 10.0. The van der Waals surface area contributed by atoms with E-state index in [0.717, 1.165) is 22.6 Å². The van der Waals surface area contributed by atoms with Gasteiger partial charge in [-0.3, -0.25) is 0 Å². The fourth-order valence-corrected chi connectivity index (χ4v) is 2.40. The highest BCUT2D eigenvalue weighted by Crippen LogP contribution is 2.26. The number of nitrogens with one attached hydrogen (secondary N) is 1. The summed E-state index contributed by atoms with van der Waals surface area (Å²) in [6.07, 6.45) is 1.82. The molecule has 3 aromatic rings. The molecule has 0 aliphatic heterocycles. The lowest BCUT2D eigenvalue weighted by molar-refractivity contribution is 0.943. The highest BCUT2D eigenvalue weighted by molar-refractivity contribution is 6.29. The Labute approximate surface area is 122 Å². The van der Waals surface area contributed by atoms with Gasteiger partial charge in [0.25, 0.3) is 0 Å². The number of aromatic nitrogens is 3. The standard InChI is InChI=1S/C15H15ClN4/c1-9-4-5-11(6-10(9)2)13-8-18-15-12(17-3)7-14(16)19-20(13)15/h4-8,17H,1-3H3. The molecule has 0 fully saturated rings. The van der Waals surface area contributed by atoms with Gasteiger partial charge in [-0.05, 0) is 31.0 Å². The van der Waals surface area contributed by atoms with Crippen LogP contribution in [0.2, 0.25) is 5.15 Å². The van der Waals surface area contributed by atoms with Crippen LogP contribution in [-0.2, 0) is 0 Å². The minimum Gasteiger partial charge on any atom is -0.385 e. The smallest absolute Gasteiger partial charge is 0.177 e. The minimum absolute atomic E-state index is 0.435. The van der Waals surface area contributed by atoms with Gasteiger partial charge in [0.15, 0.2) is 10.8 Å². The van der Waals surface area contributed by atoms with E-state index in [1.54, 1.807) is 10.6 Å². The topological polar surface area (TPSA) is 42.2 Å². The highest BCUT2D eigenvalue weighted by Gasteiger charge is 2.12. The summed E-state index contributed by atoms with van der Waals surface area (Å²) < 4.78 is 1.78. The number of hydrogen-bond donors (Lipinski definition) is 1. The largest absolute Gasteiger partial charge is 0.385 e. The predicted octanol–water partition coefficient (Wildman–Crippen LogP) is 3.71. The Morgan fingerprint density at radius 2 is 1.95 bits per heavy atom. The molecular formula is C15H15ClN4. The van der Waals surface area contributed by atoms with Crippen LogP contribution >= 0.6 is 11.6 Å². The molecule has 1 aromatic carbocycles. The molecule has 0 atom stereocenters. The Kier molecular flexibility index (Phi) is 3.10. The highest BCUT2D eigenvalue weighted by atomic mass is 35.5. The minimum atomic E-state index is 0.435. The molecule has 2 heterocycles. The first-order valence-corrected chi connectivity index (χ1v) is 6.77. The average Bonchev–Trinajstić information content (AvgIpc) is 2.84. The number of benzene rings is 1. The summed E-state index contributed by atoms with van der Waals surface area (Å²) in [5.41, 5.74) is 6.16. The van der Waals surface area contributed by atoms with Crippen LogP contribution in [0.25, 0.3) is 16.9 Å². The van der Waals surface area contributed by atoms with Crippen molar-refractivity contribution in [2.75, 3.05) is 12.4 Å². The summed E-state index contributed by atoms with van der Waals surface area (Å²) in [4.78, 5) is 4.44. The fraction of sp³-hybridized carbons (Fsp3) is 0.200. The first kappa shape index (κ1) is 12.9. The number of imidazole rings is 1. The van der Waals surface area contributed by atoms with Gasteiger partial charge in [-0.2, -0.15) is 5.10 Å². The van der Waals surface area contributed by atoms with Crippen molar-refractivity contribution in [3.63, 3.8) is 0 Å². The summed E-state index contributed by atoms with van der Waals surface area (Å²) in [7, 11) is 1.84. The van der Waals surface area contributed by atoms with Gasteiger partial charge in [0.1, 0.15) is 0 Å². The fourth-order valence-electron chi connectivity index (χ4n) is 2.22. The number of fused-ring (bicyclic) bond motifs is 1. The van der Waals surface area contributed by atoms with Crippen molar-refractivity contribution >= 4 is 22.9 Å². The van der Waals surface area contributed by atoms with Gasteiger partial charge in [-0.1, -0.05) is 23.7 Å². The van der Waals surface area contributed by atoms with E-state index in [4.69, 9.17) is 11.6 Å². The van der Waals surface area contributed by atoms with Crippen LogP contribution in [0.5, 0.6) is 0 Å². The van der Waals surface area contributed by atoms with Crippen molar-refractivity contribution in [1.29, 1.82) is 0 Å². The molecule has 0 saturated carbocycles. The van der Waals surface area contributed by atoms with Crippen molar-refractivity contribution in [3.05, 3.63) is 46.7 Å². The molecule has 4 nitrogen and oxygen atoms in total. The zero-order chi connectivity index (χ0) is 14.3. The van der Waals surface area contributed by atoms with Crippen LogP contribution in [0.1, 0.15) is 11.1 Å². The van der Waals surface area contributed by atoms with Crippen molar-refractivity contribution in [3.8, 4) is 11.3 Å². The van der Waals surface area contributed by atoms with Crippen molar-refractivity contribution in [2.24, 2.45) is 0 Å². The third-order valence-electron chi connectivity index (χ3n) is 3.51. The first-order chi connectivity index (χ1) is 9.60. The lowest BCUT2D eigenvalue weighted by Gasteiger charge is -2.07. The van der Waals surface area contributed by atoms with E-state index in [2.05, 4.69) is 47.4 Å². The van der Waals surface area contributed by atoms with E-state index in [0.29, 0.717) is 5.15 Å². The number of rotatable bonds is 2. The monoisotopic (exact) mass is 286 g/mol. The molecule has 0 amide bonds. The van der Waals surface area contributed by atoms with E-state index < -0.39 is 0 Å². The second-order valence-corrected chi connectivity index (χ2v) is 5.20. The summed E-state index contributed by atoms with van der Waals surface area (Å²) in [6, 6.07) is 8.09. The molecule has 0 spiro atoms. The average molecular weight is 287 g/mol. The number of anilines is 1. The third-order valence-corrected chi connectivity index (χ3v) is 3.69. The van der Waals surface area contributed by atoms with E-state index in [9.17, 15) is 0 Å². The summed E-state index contributed by atoms with van der Waals surface area (Å²) in [6.45, 7) is 4.20. The molecule has 0 saturated heterocycles. The number of hydrogen-bond acceptors (Lipinski definition) is 3. The van der Waals surface area contributed by atoms with E-state index in [1.165, 1.54) is 11.1 Å². The van der Waals surface area contributed by atoms with Gasteiger partial charge in [0, 0.05) is 18.7 Å². The SMILES string of the molecule is CNc1cc(Cl)nn2c(-c3ccc(C)c(C)c3)cnc12. The molecule has 0 aliphatic rings. The molecule has 0 bridgehead atoms. The Balaban J connectivity index is 2.26. The molecule has 2 aromatic heterocycles.